The molecule has 86 valence electrons. The van der Waals surface area contributed by atoms with Crippen molar-refractivity contribution in [3.8, 4) is 0 Å². The second-order valence-electron chi connectivity index (χ2n) is 3.45. The minimum absolute atomic E-state index is 0.250. The predicted molar refractivity (Wildman–Crippen MR) is 52.2 cm³/mol. The van der Waals surface area contributed by atoms with Crippen molar-refractivity contribution in [2.45, 2.75) is 12.2 Å². The molecular weight excluding hydrogens is 221 g/mol. The Bertz CT molecular complexity index is 391. The van der Waals surface area contributed by atoms with E-state index in [4.69, 9.17) is 0 Å². The summed E-state index contributed by atoms with van der Waals surface area (Å²) in [7, 11) is 0. The molecule has 1 aliphatic heterocycles. The lowest BCUT2D eigenvalue weighted by Crippen LogP contribution is -2.44. The Balaban J connectivity index is 2.34. The number of hydrogen-bond donors (Lipinski definition) is 1. The van der Waals surface area contributed by atoms with Crippen LogP contribution in [-0.4, -0.2) is 24.8 Å². The average molecular weight is 230 g/mol. The Morgan fingerprint density at radius 3 is 2.44 bits per heavy atom. The molecule has 6 heteroatoms. The summed E-state index contributed by atoms with van der Waals surface area (Å²) >= 11 is 0. The number of nitrogens with one attached hydrogen (secondary N) is 1. The van der Waals surface area contributed by atoms with Gasteiger partial charge in [0.15, 0.2) is 6.04 Å². The highest BCUT2D eigenvalue weighted by atomic mass is 19.4. The first-order valence-corrected chi connectivity index (χ1v) is 4.69. The van der Waals surface area contributed by atoms with Gasteiger partial charge in [0, 0.05) is 12.2 Å². The molecule has 0 saturated carbocycles. The zero-order valence-corrected chi connectivity index (χ0v) is 8.16. The van der Waals surface area contributed by atoms with E-state index in [1.807, 2.05) is 0 Å². The third kappa shape index (κ3) is 1.82. The second-order valence-corrected chi connectivity index (χ2v) is 3.45. The predicted octanol–water partition coefficient (Wildman–Crippen LogP) is 2.15. The summed E-state index contributed by atoms with van der Waals surface area (Å²) < 4.78 is 37.9. The third-order valence-corrected chi connectivity index (χ3v) is 2.39. The standard InChI is InChI=1S/C10H9F3N2O/c11-10(12,13)8-6-14-9(16)15(8)7-4-2-1-3-5-7/h1-5,8H,6H2,(H,14,16). The van der Waals surface area contributed by atoms with Crippen LogP contribution >= 0.6 is 0 Å². The van der Waals surface area contributed by atoms with E-state index in [-0.39, 0.29) is 5.69 Å². The van der Waals surface area contributed by atoms with Gasteiger partial charge in [-0.25, -0.2) is 4.79 Å². The Morgan fingerprint density at radius 2 is 1.88 bits per heavy atom. The lowest BCUT2D eigenvalue weighted by atomic mass is 10.2. The number of nitrogens with zero attached hydrogens (tertiary/aromatic N) is 1. The highest BCUT2D eigenvalue weighted by Gasteiger charge is 2.49. The molecule has 3 nitrogen and oxygen atoms in total. The van der Waals surface area contributed by atoms with Gasteiger partial charge >= 0.3 is 12.2 Å². The minimum Gasteiger partial charge on any atom is -0.335 e. The monoisotopic (exact) mass is 230 g/mol. The number of carbonyl (C=O) groups is 1. The number of halogens is 3. The first-order chi connectivity index (χ1) is 7.50. The molecule has 0 aliphatic carbocycles. The van der Waals surface area contributed by atoms with Crippen molar-refractivity contribution in [1.82, 2.24) is 5.32 Å². The Labute approximate surface area is 89.9 Å². The molecule has 0 radical (unpaired) electrons. The molecule has 1 fully saturated rings. The number of benzene rings is 1. The highest BCUT2D eigenvalue weighted by Crippen LogP contribution is 2.31. The van der Waals surface area contributed by atoms with Crippen molar-refractivity contribution >= 4 is 11.7 Å². The van der Waals surface area contributed by atoms with Gasteiger partial charge in [-0.15, -0.1) is 0 Å². The molecule has 1 heterocycles. The Kier molecular flexibility index (Phi) is 2.49. The fourth-order valence-corrected chi connectivity index (χ4v) is 1.65. The van der Waals surface area contributed by atoms with Crippen LogP contribution in [-0.2, 0) is 0 Å². The fourth-order valence-electron chi connectivity index (χ4n) is 1.65. The number of hydrogen-bond acceptors (Lipinski definition) is 1. The zero-order chi connectivity index (χ0) is 11.8. The quantitative estimate of drug-likeness (QED) is 0.787. The molecular formula is C10H9F3N2O. The maximum absolute atomic E-state index is 12.6. The molecule has 0 aromatic heterocycles. The molecule has 1 unspecified atom stereocenters. The zero-order valence-electron chi connectivity index (χ0n) is 8.16. The van der Waals surface area contributed by atoms with E-state index in [9.17, 15) is 18.0 Å². The summed E-state index contributed by atoms with van der Waals surface area (Å²) in [6.45, 7) is -0.406. The van der Waals surface area contributed by atoms with Crippen molar-refractivity contribution in [1.29, 1.82) is 0 Å². The van der Waals surface area contributed by atoms with E-state index in [0.29, 0.717) is 0 Å². The van der Waals surface area contributed by atoms with Gasteiger partial charge in [-0.2, -0.15) is 13.2 Å². The molecule has 1 saturated heterocycles. The van der Waals surface area contributed by atoms with Gasteiger partial charge in [-0.3, -0.25) is 4.90 Å². The SMILES string of the molecule is O=C1NCC(C(F)(F)F)N1c1ccccc1. The third-order valence-electron chi connectivity index (χ3n) is 2.39. The van der Waals surface area contributed by atoms with Gasteiger partial charge in [-0.1, -0.05) is 18.2 Å². The summed E-state index contributed by atoms with van der Waals surface area (Å²) in [4.78, 5) is 12.1. The number of carbonyl (C=O) groups excluding carboxylic acids is 1. The number of amides is 2. The van der Waals surface area contributed by atoms with Crippen LogP contribution in [0.4, 0.5) is 23.7 Å². The number of urea groups is 1. The van der Waals surface area contributed by atoms with Gasteiger partial charge < -0.3 is 5.32 Å². The molecule has 1 N–H and O–H groups in total. The molecule has 2 rings (SSSR count). The summed E-state index contributed by atoms with van der Waals surface area (Å²) in [5, 5.41) is 2.19. The number of para-hydroxylation sites is 1. The first-order valence-electron chi connectivity index (χ1n) is 4.69. The molecule has 0 bridgehead atoms. The first kappa shape index (κ1) is 10.8. The maximum Gasteiger partial charge on any atom is 0.411 e. The van der Waals surface area contributed by atoms with Crippen LogP contribution in [0.25, 0.3) is 0 Å². The van der Waals surface area contributed by atoms with E-state index < -0.39 is 24.8 Å². The number of alkyl halides is 3. The van der Waals surface area contributed by atoms with Crippen LogP contribution < -0.4 is 10.2 Å². The lowest BCUT2D eigenvalue weighted by molar-refractivity contribution is -0.142. The highest BCUT2D eigenvalue weighted by molar-refractivity contribution is 5.95. The Hall–Kier alpha value is -1.72. The van der Waals surface area contributed by atoms with Gasteiger partial charge in [0.25, 0.3) is 0 Å². The van der Waals surface area contributed by atoms with E-state index in [0.717, 1.165) is 4.90 Å². The van der Waals surface area contributed by atoms with Crippen molar-refractivity contribution in [2.75, 3.05) is 11.4 Å². The van der Waals surface area contributed by atoms with Crippen molar-refractivity contribution in [3.05, 3.63) is 30.3 Å². The van der Waals surface area contributed by atoms with Crippen molar-refractivity contribution in [3.63, 3.8) is 0 Å². The van der Waals surface area contributed by atoms with E-state index in [1.54, 1.807) is 18.2 Å². The second kappa shape index (κ2) is 3.70. The molecule has 1 aliphatic rings. The van der Waals surface area contributed by atoms with Crippen LogP contribution in [0.15, 0.2) is 30.3 Å². The van der Waals surface area contributed by atoms with Crippen LogP contribution in [0, 0.1) is 0 Å². The topological polar surface area (TPSA) is 32.3 Å². The minimum atomic E-state index is -4.42. The van der Waals surface area contributed by atoms with Crippen LogP contribution in [0.3, 0.4) is 0 Å². The molecule has 1 aromatic carbocycles. The largest absolute Gasteiger partial charge is 0.411 e. The summed E-state index contributed by atoms with van der Waals surface area (Å²) in [5.74, 6) is 0. The maximum atomic E-state index is 12.6. The van der Waals surface area contributed by atoms with Gasteiger partial charge in [-0.05, 0) is 12.1 Å². The summed E-state index contributed by atoms with van der Waals surface area (Å²) in [6.07, 6.45) is -4.42. The number of rotatable bonds is 1. The molecule has 1 atom stereocenters. The van der Waals surface area contributed by atoms with Crippen LogP contribution in [0.5, 0.6) is 0 Å². The molecule has 2 amide bonds. The van der Waals surface area contributed by atoms with E-state index in [2.05, 4.69) is 5.32 Å². The summed E-state index contributed by atoms with van der Waals surface area (Å²) in [6, 6.07) is 5.31. The molecule has 16 heavy (non-hydrogen) atoms. The molecule has 1 aromatic rings. The Morgan fingerprint density at radius 1 is 1.25 bits per heavy atom. The average Bonchev–Trinajstić information content (AvgIpc) is 2.61. The normalized spacial score (nSPS) is 21.1. The van der Waals surface area contributed by atoms with Gasteiger partial charge in [0.05, 0.1) is 0 Å². The van der Waals surface area contributed by atoms with Crippen molar-refractivity contribution in [2.24, 2.45) is 0 Å². The number of anilines is 1. The lowest BCUT2D eigenvalue weighted by Gasteiger charge is -2.24. The van der Waals surface area contributed by atoms with Crippen molar-refractivity contribution < 1.29 is 18.0 Å². The van der Waals surface area contributed by atoms with Gasteiger partial charge in [0.1, 0.15) is 0 Å². The van der Waals surface area contributed by atoms with E-state index in [1.165, 1.54) is 12.1 Å². The molecule has 0 spiro atoms. The fraction of sp³-hybridized carbons (Fsp3) is 0.300. The van der Waals surface area contributed by atoms with Gasteiger partial charge in [0.2, 0.25) is 0 Å². The van der Waals surface area contributed by atoms with E-state index >= 15 is 0 Å². The summed E-state index contributed by atoms with van der Waals surface area (Å²) in [5.41, 5.74) is 0.250. The van der Waals surface area contributed by atoms with Crippen LogP contribution in [0.1, 0.15) is 0 Å². The van der Waals surface area contributed by atoms with Crippen LogP contribution in [0.2, 0.25) is 0 Å². The smallest absolute Gasteiger partial charge is 0.335 e.